The van der Waals surface area contributed by atoms with Crippen LogP contribution >= 0.6 is 23.2 Å². The monoisotopic (exact) mass is 408 g/mol. The Kier molecular flexibility index (Phi) is 5.33. The maximum absolute atomic E-state index is 6.27. The Balaban J connectivity index is 1.65. The molecular weight excluding hydrogens is 391 g/mol. The summed E-state index contributed by atoms with van der Waals surface area (Å²) in [6.45, 7) is 2.75. The molecule has 0 aliphatic rings. The zero-order valence-corrected chi connectivity index (χ0v) is 16.7. The second-order valence-corrected chi connectivity index (χ2v) is 7.34. The van der Waals surface area contributed by atoms with E-state index >= 15 is 0 Å². The van der Waals surface area contributed by atoms with Gasteiger partial charge in [-0.1, -0.05) is 65.2 Å². The van der Waals surface area contributed by atoms with Crippen LogP contribution in [-0.4, -0.2) is 9.97 Å². The highest BCUT2D eigenvalue weighted by molar-refractivity contribution is 6.36. The minimum Gasteiger partial charge on any atom is -0.365 e. The summed E-state index contributed by atoms with van der Waals surface area (Å²) in [5.74, 6) is 1.23. The third-order valence-electron chi connectivity index (χ3n) is 4.36. The number of hydrogen-bond donors (Lipinski definition) is 2. The quantitative estimate of drug-likeness (QED) is 0.390. The summed E-state index contributed by atoms with van der Waals surface area (Å²) in [4.78, 5) is 9.27. The first-order valence-electron chi connectivity index (χ1n) is 8.87. The van der Waals surface area contributed by atoms with Crippen LogP contribution in [0.1, 0.15) is 11.1 Å². The normalized spacial score (nSPS) is 10.8. The number of halogens is 2. The Morgan fingerprint density at radius 3 is 2.46 bits per heavy atom. The number of para-hydroxylation sites is 1. The Morgan fingerprint density at radius 1 is 0.893 bits per heavy atom. The molecule has 0 atom stereocenters. The predicted octanol–water partition coefficient (Wildman–Crippen LogP) is 6.60. The maximum Gasteiger partial charge on any atom is 0.229 e. The number of rotatable bonds is 5. The Morgan fingerprint density at radius 2 is 1.68 bits per heavy atom. The van der Waals surface area contributed by atoms with Gasteiger partial charge in [0, 0.05) is 17.0 Å². The maximum atomic E-state index is 6.27. The van der Waals surface area contributed by atoms with E-state index < -0.39 is 0 Å². The Labute approximate surface area is 173 Å². The number of aromatic nitrogens is 2. The molecule has 1 aromatic heterocycles. The molecule has 4 aromatic rings. The zero-order chi connectivity index (χ0) is 19.5. The highest BCUT2D eigenvalue weighted by Crippen LogP contribution is 2.29. The van der Waals surface area contributed by atoms with Crippen molar-refractivity contribution in [3.63, 3.8) is 0 Å². The van der Waals surface area contributed by atoms with Crippen LogP contribution in [0.5, 0.6) is 0 Å². The van der Waals surface area contributed by atoms with Crippen molar-refractivity contribution in [3.05, 3.63) is 87.9 Å². The van der Waals surface area contributed by atoms with Crippen LogP contribution in [0.15, 0.2) is 66.7 Å². The van der Waals surface area contributed by atoms with Crippen molar-refractivity contribution < 1.29 is 0 Å². The molecular formula is C22H18Cl2N4. The van der Waals surface area contributed by atoms with Gasteiger partial charge in [0.25, 0.3) is 0 Å². The summed E-state index contributed by atoms with van der Waals surface area (Å²) >= 11 is 12.3. The number of aryl methyl sites for hydroxylation is 1. The summed E-state index contributed by atoms with van der Waals surface area (Å²) in [7, 11) is 0. The average molecular weight is 409 g/mol. The highest BCUT2D eigenvalue weighted by Gasteiger charge is 2.09. The second-order valence-electron chi connectivity index (χ2n) is 6.50. The van der Waals surface area contributed by atoms with Gasteiger partial charge in [0.2, 0.25) is 5.95 Å². The third-order valence-corrected chi connectivity index (χ3v) is 4.91. The molecule has 4 rings (SSSR count). The summed E-state index contributed by atoms with van der Waals surface area (Å²) in [6.07, 6.45) is 0. The average Bonchev–Trinajstić information content (AvgIpc) is 2.69. The molecule has 0 aliphatic heterocycles. The van der Waals surface area contributed by atoms with Crippen molar-refractivity contribution in [2.75, 3.05) is 10.6 Å². The standard InChI is InChI=1S/C22H18Cl2N4/c1-14-6-8-15(9-7-14)13-25-21-17-4-2-3-5-19(17)26-22(28-21)27-20-11-10-16(23)12-18(20)24/h2-12H,13H2,1H3,(H2,25,26,27,28). The van der Waals surface area contributed by atoms with E-state index in [0.717, 1.165) is 16.7 Å². The Hall–Kier alpha value is -2.82. The summed E-state index contributed by atoms with van der Waals surface area (Å²) in [5, 5.41) is 8.66. The number of fused-ring (bicyclic) bond motifs is 1. The number of anilines is 3. The smallest absolute Gasteiger partial charge is 0.229 e. The minimum absolute atomic E-state index is 0.467. The second kappa shape index (κ2) is 8.05. The molecule has 4 nitrogen and oxygen atoms in total. The third kappa shape index (κ3) is 4.19. The van der Waals surface area contributed by atoms with Crippen molar-refractivity contribution in [3.8, 4) is 0 Å². The first-order chi connectivity index (χ1) is 13.6. The van der Waals surface area contributed by atoms with Crippen LogP contribution in [0.4, 0.5) is 17.5 Å². The lowest BCUT2D eigenvalue weighted by Crippen LogP contribution is -2.06. The highest BCUT2D eigenvalue weighted by atomic mass is 35.5. The van der Waals surface area contributed by atoms with Gasteiger partial charge in [0.1, 0.15) is 5.82 Å². The van der Waals surface area contributed by atoms with Gasteiger partial charge in [0.05, 0.1) is 16.2 Å². The van der Waals surface area contributed by atoms with Crippen molar-refractivity contribution >= 4 is 51.6 Å². The van der Waals surface area contributed by atoms with Crippen molar-refractivity contribution in [1.82, 2.24) is 9.97 Å². The van der Waals surface area contributed by atoms with E-state index in [1.54, 1.807) is 12.1 Å². The molecule has 3 aromatic carbocycles. The molecule has 28 heavy (non-hydrogen) atoms. The minimum atomic E-state index is 0.467. The van der Waals surface area contributed by atoms with Gasteiger partial charge in [-0.25, -0.2) is 4.98 Å². The van der Waals surface area contributed by atoms with Gasteiger partial charge in [-0.3, -0.25) is 0 Å². The molecule has 1 heterocycles. The van der Waals surface area contributed by atoms with E-state index in [9.17, 15) is 0 Å². The van der Waals surface area contributed by atoms with Crippen LogP contribution in [0, 0.1) is 6.92 Å². The van der Waals surface area contributed by atoms with Crippen LogP contribution in [0.25, 0.3) is 10.9 Å². The fourth-order valence-electron chi connectivity index (χ4n) is 2.87. The zero-order valence-electron chi connectivity index (χ0n) is 15.2. The van der Waals surface area contributed by atoms with Crippen LogP contribution in [0.3, 0.4) is 0 Å². The number of nitrogens with one attached hydrogen (secondary N) is 2. The molecule has 0 saturated carbocycles. The van der Waals surface area contributed by atoms with E-state index in [4.69, 9.17) is 23.2 Å². The van der Waals surface area contributed by atoms with Crippen LogP contribution in [-0.2, 0) is 6.54 Å². The van der Waals surface area contributed by atoms with E-state index in [1.807, 2.05) is 30.3 Å². The molecule has 0 saturated heterocycles. The molecule has 6 heteroatoms. The number of nitrogens with zero attached hydrogens (tertiary/aromatic N) is 2. The van der Waals surface area contributed by atoms with E-state index in [1.165, 1.54) is 11.1 Å². The fraction of sp³-hybridized carbons (Fsp3) is 0.0909. The van der Waals surface area contributed by atoms with Gasteiger partial charge in [-0.15, -0.1) is 0 Å². The van der Waals surface area contributed by atoms with Gasteiger partial charge < -0.3 is 10.6 Å². The fourth-order valence-corrected chi connectivity index (χ4v) is 3.33. The van der Waals surface area contributed by atoms with Crippen molar-refractivity contribution in [2.24, 2.45) is 0 Å². The summed E-state index contributed by atoms with van der Waals surface area (Å²) < 4.78 is 0. The molecule has 0 amide bonds. The van der Waals surface area contributed by atoms with Gasteiger partial charge >= 0.3 is 0 Å². The van der Waals surface area contributed by atoms with E-state index in [0.29, 0.717) is 28.2 Å². The largest absolute Gasteiger partial charge is 0.365 e. The van der Waals surface area contributed by atoms with E-state index in [-0.39, 0.29) is 0 Å². The summed E-state index contributed by atoms with van der Waals surface area (Å²) in [6, 6.07) is 21.6. The first-order valence-corrected chi connectivity index (χ1v) is 9.62. The molecule has 0 fully saturated rings. The topological polar surface area (TPSA) is 49.8 Å². The first kappa shape index (κ1) is 18.5. The SMILES string of the molecule is Cc1ccc(CNc2nc(Nc3ccc(Cl)cc3Cl)nc3ccccc23)cc1. The molecule has 0 unspecified atom stereocenters. The van der Waals surface area contributed by atoms with Gasteiger partial charge in [-0.05, 0) is 42.8 Å². The van der Waals surface area contributed by atoms with Crippen LogP contribution in [0.2, 0.25) is 10.0 Å². The van der Waals surface area contributed by atoms with Crippen molar-refractivity contribution in [2.45, 2.75) is 13.5 Å². The lowest BCUT2D eigenvalue weighted by atomic mass is 10.1. The predicted molar refractivity (Wildman–Crippen MR) is 118 cm³/mol. The van der Waals surface area contributed by atoms with Gasteiger partial charge in [0.15, 0.2) is 0 Å². The Bertz CT molecular complexity index is 1130. The number of hydrogen-bond acceptors (Lipinski definition) is 4. The number of benzene rings is 3. The molecule has 0 radical (unpaired) electrons. The lowest BCUT2D eigenvalue weighted by Gasteiger charge is -2.13. The van der Waals surface area contributed by atoms with Crippen LogP contribution < -0.4 is 10.6 Å². The molecule has 140 valence electrons. The molecule has 2 N–H and O–H groups in total. The lowest BCUT2D eigenvalue weighted by molar-refractivity contribution is 1.10. The van der Waals surface area contributed by atoms with E-state index in [2.05, 4.69) is 51.8 Å². The van der Waals surface area contributed by atoms with Crippen molar-refractivity contribution in [1.29, 1.82) is 0 Å². The molecule has 0 spiro atoms. The molecule has 0 bridgehead atoms. The summed E-state index contributed by atoms with van der Waals surface area (Å²) in [5.41, 5.74) is 3.97. The molecule has 0 aliphatic carbocycles. The van der Waals surface area contributed by atoms with Gasteiger partial charge in [-0.2, -0.15) is 4.98 Å².